The van der Waals surface area contributed by atoms with E-state index in [1.54, 1.807) is 12.3 Å². The lowest BCUT2D eigenvalue weighted by Crippen LogP contribution is -2.71. The molecule has 2 fully saturated rings. The molecule has 0 radical (unpaired) electrons. The molecule has 0 aliphatic carbocycles. The van der Waals surface area contributed by atoms with Crippen LogP contribution in [0.2, 0.25) is 5.02 Å². The number of benzene rings is 1. The summed E-state index contributed by atoms with van der Waals surface area (Å²) in [7, 11) is 0. The van der Waals surface area contributed by atoms with E-state index in [0.29, 0.717) is 44.7 Å². The summed E-state index contributed by atoms with van der Waals surface area (Å²) in [4.78, 5) is 69.0. The number of fused-ring (bicyclic) bond motifs is 2. The molecule has 2 amide bonds. The molecule has 0 saturated carbocycles. The molecule has 3 aromatic rings. The fourth-order valence-corrected chi connectivity index (χ4v) is 8.81. The van der Waals surface area contributed by atoms with E-state index in [9.17, 15) is 29.4 Å². The van der Waals surface area contributed by atoms with Crippen molar-refractivity contribution in [2.24, 2.45) is 16.0 Å². The van der Waals surface area contributed by atoms with Crippen molar-refractivity contribution in [3.05, 3.63) is 68.7 Å². The van der Waals surface area contributed by atoms with Gasteiger partial charge in [0.25, 0.3) is 11.8 Å². The number of nitrogens with one attached hydrogen (secondary N) is 1. The van der Waals surface area contributed by atoms with E-state index < -0.39 is 52.3 Å². The zero-order chi connectivity index (χ0) is 41.5. The van der Waals surface area contributed by atoms with Crippen LogP contribution in [0.3, 0.4) is 0 Å². The average Bonchev–Trinajstić information content (AvgIpc) is 3.92. The van der Waals surface area contributed by atoms with E-state index in [1.807, 2.05) is 20.3 Å². The minimum atomic E-state index is -1.80. The number of nitrogens with two attached hydrogens (primary N) is 2. The number of hydrogen-bond donors (Lipinski definition) is 5. The number of carbonyl (C=O) groups excluding carboxylic acids is 2. The molecule has 308 valence electrons. The third-order valence-electron chi connectivity index (χ3n) is 9.88. The normalized spacial score (nSPS) is 20.1. The number of ether oxygens (including phenoxy) is 1. The lowest BCUT2D eigenvalue weighted by atomic mass is 10.0. The summed E-state index contributed by atoms with van der Waals surface area (Å²) in [6.07, 6.45) is 3.01. The summed E-state index contributed by atoms with van der Waals surface area (Å²) < 4.78 is 24.6. The Bertz CT molecular complexity index is 2230. The summed E-state index contributed by atoms with van der Waals surface area (Å²) in [5.41, 5.74) is 10.4. The number of halogens is 2. The predicted octanol–water partition coefficient (Wildman–Crippen LogP) is 1.47. The number of rotatable bonds is 14. The number of amidine groups is 1. The van der Waals surface area contributed by atoms with Gasteiger partial charge < -0.3 is 46.3 Å². The summed E-state index contributed by atoms with van der Waals surface area (Å²) in [6, 6.07) is 3.52. The Balaban J connectivity index is 1.03. The van der Waals surface area contributed by atoms with Crippen molar-refractivity contribution in [2.45, 2.75) is 69.4 Å². The van der Waals surface area contributed by atoms with Crippen LogP contribution in [0.1, 0.15) is 43.5 Å². The molecule has 4 aliphatic heterocycles. The lowest BCUT2D eigenvalue weighted by Gasteiger charge is -2.49. The number of thioether (sulfide) groups is 1. The Labute approximate surface area is 343 Å². The number of nitrogen functional groups attached to an aromatic ring is 1. The van der Waals surface area contributed by atoms with E-state index in [0.717, 1.165) is 22.1 Å². The number of amides is 2. The number of anilines is 2. The van der Waals surface area contributed by atoms with E-state index in [2.05, 4.69) is 20.6 Å². The van der Waals surface area contributed by atoms with Gasteiger partial charge in [-0.05, 0) is 26.0 Å². The number of aromatic nitrogens is 3. The van der Waals surface area contributed by atoms with Crippen molar-refractivity contribution in [1.82, 2.24) is 19.9 Å². The summed E-state index contributed by atoms with van der Waals surface area (Å²) in [5.74, 6) is -3.79. The van der Waals surface area contributed by atoms with Crippen LogP contribution in [-0.4, -0.2) is 109 Å². The molecule has 23 heteroatoms. The maximum absolute atomic E-state index is 15.5. The molecule has 2 aromatic heterocycles. The van der Waals surface area contributed by atoms with Gasteiger partial charge in [0.05, 0.1) is 25.8 Å². The summed E-state index contributed by atoms with van der Waals surface area (Å²) >= 11 is 8.86. The number of aliphatic carboxylic acids is 2. The number of carboxylic acids is 2. The molecule has 1 aromatic carbocycles. The quantitative estimate of drug-likeness (QED) is 0.0506. The van der Waals surface area contributed by atoms with Crippen LogP contribution < -0.4 is 26.4 Å². The molecule has 0 unspecified atom stereocenters. The van der Waals surface area contributed by atoms with Crippen LogP contribution in [0.25, 0.3) is 0 Å². The maximum atomic E-state index is 15.5. The molecule has 0 spiro atoms. The van der Waals surface area contributed by atoms with Crippen LogP contribution in [0.5, 0.6) is 0 Å². The van der Waals surface area contributed by atoms with Gasteiger partial charge >= 0.3 is 11.9 Å². The largest absolute Gasteiger partial charge is 0.478 e. The van der Waals surface area contributed by atoms with Gasteiger partial charge in [0.1, 0.15) is 34.7 Å². The second-order valence-corrected chi connectivity index (χ2v) is 16.6. The molecular weight excluding hydrogens is 823 g/mol. The average molecular weight is 862 g/mol. The fourth-order valence-electron chi connectivity index (χ4n) is 6.66. The van der Waals surface area contributed by atoms with Crippen molar-refractivity contribution in [2.75, 3.05) is 36.1 Å². The topological polar surface area (TPSA) is 253 Å². The zero-order valence-corrected chi connectivity index (χ0v) is 33.5. The van der Waals surface area contributed by atoms with Gasteiger partial charge in [0, 0.05) is 58.8 Å². The number of carboxylic acid groups (broad SMARTS) is 2. The van der Waals surface area contributed by atoms with Crippen LogP contribution in [0, 0.1) is 5.82 Å². The maximum Gasteiger partial charge on any atom is 0.352 e. The van der Waals surface area contributed by atoms with Gasteiger partial charge in [-0.3, -0.25) is 14.5 Å². The van der Waals surface area contributed by atoms with Gasteiger partial charge in [-0.2, -0.15) is 0 Å². The monoisotopic (exact) mass is 861 g/mol. The van der Waals surface area contributed by atoms with Crippen molar-refractivity contribution in [1.29, 1.82) is 0 Å². The van der Waals surface area contributed by atoms with Gasteiger partial charge in [0.2, 0.25) is 5.60 Å². The molecule has 7 rings (SSSR count). The van der Waals surface area contributed by atoms with Crippen LogP contribution in [0.4, 0.5) is 15.3 Å². The SMILES string of the molecule is CC(C)(O/N=C(\C(=O)N[C@@H]1C(=O)N2C(C(=O)O)=C(C[n+]3ccc4n3CCN4Cc3c(F)cc(C(N)=NOC4CCOCC4)cc3Cl)CS[C@H]12)c1csc(N)n1)C(=O)O. The van der Waals surface area contributed by atoms with Crippen LogP contribution in [-0.2, 0) is 53.2 Å². The Morgan fingerprint density at radius 3 is 2.64 bits per heavy atom. The molecular formula is C35H39ClFN10O9S2+. The van der Waals surface area contributed by atoms with Gasteiger partial charge in [-0.25, -0.2) is 19.0 Å². The summed E-state index contributed by atoms with van der Waals surface area (Å²) in [6.45, 7) is 4.91. The molecule has 7 N–H and O–H groups in total. The molecule has 0 bridgehead atoms. The first-order valence-electron chi connectivity index (χ1n) is 17.9. The Morgan fingerprint density at radius 1 is 1.21 bits per heavy atom. The molecule has 2 atom stereocenters. The molecule has 2 saturated heterocycles. The number of β-lactam (4-membered cyclic amide) rings is 1. The number of hydrogen-bond acceptors (Lipinski definition) is 14. The molecule has 4 aliphatic rings. The second kappa shape index (κ2) is 16.4. The Morgan fingerprint density at radius 2 is 1.97 bits per heavy atom. The van der Waals surface area contributed by atoms with E-state index in [-0.39, 0.29) is 63.5 Å². The van der Waals surface area contributed by atoms with E-state index >= 15 is 4.39 Å². The number of thiazole rings is 1. The van der Waals surface area contributed by atoms with E-state index in [4.69, 9.17) is 37.5 Å². The van der Waals surface area contributed by atoms with E-state index in [1.165, 1.54) is 37.1 Å². The zero-order valence-electron chi connectivity index (χ0n) is 31.1. The minimum absolute atomic E-state index is 0.00118. The first-order chi connectivity index (χ1) is 27.6. The van der Waals surface area contributed by atoms with Crippen LogP contribution >= 0.6 is 34.7 Å². The molecule has 58 heavy (non-hydrogen) atoms. The van der Waals surface area contributed by atoms with Crippen molar-refractivity contribution < 1.29 is 52.9 Å². The second-order valence-electron chi connectivity index (χ2n) is 14.2. The number of carbonyl (C=O) groups is 4. The minimum Gasteiger partial charge on any atom is -0.478 e. The highest BCUT2D eigenvalue weighted by molar-refractivity contribution is 8.00. The van der Waals surface area contributed by atoms with Crippen molar-refractivity contribution in [3.8, 4) is 0 Å². The Kier molecular flexibility index (Phi) is 11.5. The smallest absolute Gasteiger partial charge is 0.352 e. The highest BCUT2D eigenvalue weighted by Crippen LogP contribution is 2.40. The van der Waals surface area contributed by atoms with Crippen LogP contribution in [0.15, 0.2) is 51.4 Å². The van der Waals surface area contributed by atoms with Gasteiger partial charge in [-0.1, -0.05) is 21.9 Å². The standard InChI is InChI=1S/C35H38ClFN10O9S2/c1-35(2,33(52)53)56-42-25(23-16-58-34(39)40-23)29(48)41-26-30(49)47-27(32(50)51)18(15-57-31(26)47)13-45-6-3-24-44(7-8-46(24)45)14-20-21(36)11-17(12-22(20)37)28(38)43-55-19-4-9-54-10-5-19/h3,6,11-12,16,19,26,31H,4-5,7-10,13-15H2,1-2H3,(H6-,38,39,40,41,43,48,50,51,52,53)/p+1/b42-25-/t26-,31-/m1/s1. The van der Waals surface area contributed by atoms with Crippen molar-refractivity contribution in [3.63, 3.8) is 0 Å². The first-order valence-corrected chi connectivity index (χ1v) is 20.2. The third-order valence-corrected chi connectivity index (χ3v) is 12.2. The summed E-state index contributed by atoms with van der Waals surface area (Å²) in [5, 5.41) is 31.0. The lowest BCUT2D eigenvalue weighted by molar-refractivity contribution is -0.766. The first kappa shape index (κ1) is 40.7. The van der Waals surface area contributed by atoms with Gasteiger partial charge in [0.15, 0.2) is 35.2 Å². The third kappa shape index (κ3) is 8.13. The Hall–Kier alpha value is -5.45. The van der Waals surface area contributed by atoms with Gasteiger partial charge in [-0.15, -0.1) is 32.5 Å². The predicted molar refractivity (Wildman–Crippen MR) is 208 cm³/mol. The highest BCUT2D eigenvalue weighted by Gasteiger charge is 2.55. The van der Waals surface area contributed by atoms with Crippen molar-refractivity contribution >= 4 is 80.9 Å². The fraction of sp³-hybridized carbons (Fsp3) is 0.429. The number of nitrogens with zero attached hydrogens (tertiary/aromatic N) is 7. The molecule has 19 nitrogen and oxygen atoms in total. The molecule has 6 heterocycles. The number of oxime groups is 2. The highest BCUT2D eigenvalue weighted by atomic mass is 35.5.